The molecule has 0 aromatic heterocycles. The van der Waals surface area contributed by atoms with Gasteiger partial charge in [0, 0.05) is 41.3 Å². The van der Waals surface area contributed by atoms with Crippen molar-refractivity contribution in [2.75, 3.05) is 30.8 Å². The monoisotopic (exact) mass is 506 g/mol. The van der Waals surface area contributed by atoms with Crippen molar-refractivity contribution in [3.63, 3.8) is 0 Å². The lowest BCUT2D eigenvalue weighted by atomic mass is 9.91. The smallest absolute Gasteiger partial charge is 0.142 e. The number of nitrogens with one attached hydrogen (secondary N) is 1. The van der Waals surface area contributed by atoms with Crippen molar-refractivity contribution in [2.45, 2.75) is 32.7 Å². The van der Waals surface area contributed by atoms with Gasteiger partial charge in [-0.2, -0.15) is 0 Å². The molecule has 1 aliphatic rings. The average Bonchev–Trinajstić information content (AvgIpc) is 2.95. The first-order chi connectivity index (χ1) is 18.5. The van der Waals surface area contributed by atoms with Gasteiger partial charge in [0.15, 0.2) is 0 Å². The highest BCUT2D eigenvalue weighted by Gasteiger charge is 2.25. The van der Waals surface area contributed by atoms with Crippen LogP contribution in [0.25, 0.3) is 17.2 Å². The zero-order chi connectivity index (χ0) is 26.9. The predicted molar refractivity (Wildman–Crippen MR) is 160 cm³/mol. The van der Waals surface area contributed by atoms with E-state index in [0.29, 0.717) is 11.6 Å². The van der Waals surface area contributed by atoms with Gasteiger partial charge in [-0.3, -0.25) is 4.79 Å². The highest BCUT2D eigenvalue weighted by Crippen LogP contribution is 2.33. The number of hydrogen-bond donors (Lipinski definition) is 2. The lowest BCUT2D eigenvalue weighted by molar-refractivity contribution is -0.104. The molecule has 0 amide bonds. The number of carbonyl (C=O) groups excluding carboxylic acids is 1. The molecular formula is C33H38N4O. The van der Waals surface area contributed by atoms with Gasteiger partial charge in [0.1, 0.15) is 6.29 Å². The Labute approximate surface area is 226 Å². The SMILES string of the molecule is CC/C=C(/C1CCN(C)CC1)N(Cc1ccc(-c2ccc(N)c(C=N)c2)cc1)c1cccc(/C=C/C=O)c1. The predicted octanol–water partition coefficient (Wildman–Crippen LogP) is 6.79. The Hall–Kier alpha value is -3.96. The lowest BCUT2D eigenvalue weighted by Gasteiger charge is -2.37. The molecule has 0 spiro atoms. The zero-order valence-corrected chi connectivity index (χ0v) is 22.4. The van der Waals surface area contributed by atoms with E-state index in [1.807, 2.05) is 30.3 Å². The van der Waals surface area contributed by atoms with Crippen LogP contribution >= 0.6 is 0 Å². The van der Waals surface area contributed by atoms with Crippen molar-refractivity contribution in [3.8, 4) is 11.1 Å². The van der Waals surface area contributed by atoms with Crippen molar-refractivity contribution in [1.29, 1.82) is 5.41 Å². The van der Waals surface area contributed by atoms with Crippen LogP contribution in [0.3, 0.4) is 0 Å². The number of carbonyl (C=O) groups is 1. The number of nitrogens with two attached hydrogens (primary N) is 1. The fraction of sp³-hybridized carbons (Fsp3) is 0.273. The Kier molecular flexibility index (Phi) is 9.28. The van der Waals surface area contributed by atoms with Gasteiger partial charge in [0.2, 0.25) is 0 Å². The summed E-state index contributed by atoms with van der Waals surface area (Å²) in [7, 11) is 2.20. The number of anilines is 2. The van der Waals surface area contributed by atoms with Crippen molar-refractivity contribution < 1.29 is 4.79 Å². The minimum absolute atomic E-state index is 0.508. The van der Waals surface area contributed by atoms with E-state index in [4.69, 9.17) is 11.1 Å². The van der Waals surface area contributed by atoms with Gasteiger partial charge in [0.05, 0.1) is 0 Å². The summed E-state index contributed by atoms with van der Waals surface area (Å²) in [4.78, 5) is 15.8. The summed E-state index contributed by atoms with van der Waals surface area (Å²) < 4.78 is 0. The Bertz CT molecular complexity index is 1300. The second kappa shape index (κ2) is 13.0. The molecule has 1 fully saturated rings. The average molecular weight is 507 g/mol. The molecule has 1 aliphatic heterocycles. The first kappa shape index (κ1) is 27.1. The largest absolute Gasteiger partial charge is 0.398 e. The molecule has 3 N–H and O–H groups in total. The standard InChI is InChI=1S/C33H38N4O/c1-3-6-33(28-16-18-36(2)19-17-28)37(31-9-4-7-25(21-31)8-5-20-38)24-26-10-12-27(13-11-26)29-14-15-32(35)30(22-29)23-34/h4-15,20-23,28,34H,3,16-19,24,35H2,1-2H3/b8-5+,33-6-,34-23?. The van der Waals surface area contributed by atoms with Gasteiger partial charge in [-0.25, -0.2) is 0 Å². The van der Waals surface area contributed by atoms with Crippen LogP contribution in [-0.2, 0) is 11.3 Å². The maximum atomic E-state index is 10.9. The van der Waals surface area contributed by atoms with Crippen LogP contribution in [0.15, 0.2) is 84.6 Å². The summed E-state index contributed by atoms with van der Waals surface area (Å²) in [5, 5.41) is 7.62. The third-order valence-electron chi connectivity index (χ3n) is 7.28. The molecule has 0 unspecified atom stereocenters. The van der Waals surface area contributed by atoms with Crippen molar-refractivity contribution >= 4 is 30.0 Å². The highest BCUT2D eigenvalue weighted by atomic mass is 16.1. The number of nitrogen functional groups attached to an aromatic ring is 1. The molecule has 196 valence electrons. The van der Waals surface area contributed by atoms with Crippen LogP contribution in [0, 0.1) is 11.3 Å². The lowest BCUT2D eigenvalue weighted by Crippen LogP contribution is -2.35. The number of likely N-dealkylation sites (tertiary alicyclic amines) is 1. The number of piperidine rings is 1. The van der Waals surface area contributed by atoms with Crippen molar-refractivity contribution in [2.24, 2.45) is 5.92 Å². The van der Waals surface area contributed by atoms with Crippen LogP contribution in [0.2, 0.25) is 0 Å². The molecule has 0 aliphatic carbocycles. The summed E-state index contributed by atoms with van der Waals surface area (Å²) in [6.45, 7) is 5.18. The van der Waals surface area contributed by atoms with Crippen molar-refractivity contribution in [3.05, 3.63) is 101 Å². The topological polar surface area (TPSA) is 73.4 Å². The van der Waals surface area contributed by atoms with E-state index >= 15 is 0 Å². The third-order valence-corrected chi connectivity index (χ3v) is 7.28. The Morgan fingerprint density at radius 2 is 1.79 bits per heavy atom. The van der Waals surface area contributed by atoms with Crippen LogP contribution in [-0.4, -0.2) is 37.5 Å². The van der Waals surface area contributed by atoms with Gasteiger partial charge in [-0.15, -0.1) is 0 Å². The molecule has 0 saturated carbocycles. The van der Waals surface area contributed by atoms with E-state index in [-0.39, 0.29) is 0 Å². The first-order valence-electron chi connectivity index (χ1n) is 13.4. The van der Waals surface area contributed by atoms with Crippen molar-refractivity contribution in [1.82, 2.24) is 4.90 Å². The molecule has 3 aromatic carbocycles. The Balaban J connectivity index is 1.68. The molecule has 0 bridgehead atoms. The van der Waals surface area contributed by atoms with Crippen LogP contribution in [0.1, 0.15) is 42.9 Å². The molecular weight excluding hydrogens is 468 g/mol. The fourth-order valence-corrected chi connectivity index (χ4v) is 5.15. The third kappa shape index (κ3) is 6.67. The molecule has 5 heteroatoms. The minimum Gasteiger partial charge on any atom is -0.398 e. The zero-order valence-electron chi connectivity index (χ0n) is 22.4. The van der Waals surface area contributed by atoms with Gasteiger partial charge in [-0.1, -0.05) is 61.5 Å². The Morgan fingerprint density at radius 1 is 1.05 bits per heavy atom. The molecule has 3 aromatic rings. The summed E-state index contributed by atoms with van der Waals surface area (Å²) >= 11 is 0. The number of hydrogen-bond acceptors (Lipinski definition) is 5. The quantitative estimate of drug-likeness (QED) is 0.137. The van der Waals surface area contributed by atoms with E-state index in [9.17, 15) is 4.79 Å². The molecule has 1 saturated heterocycles. The van der Waals surface area contributed by atoms with Gasteiger partial charge in [-0.05, 0) is 92.0 Å². The fourth-order valence-electron chi connectivity index (χ4n) is 5.15. The maximum Gasteiger partial charge on any atom is 0.142 e. The van der Waals surface area contributed by atoms with Crippen LogP contribution in [0.4, 0.5) is 11.4 Å². The Morgan fingerprint density at radius 3 is 2.47 bits per heavy atom. The molecule has 0 radical (unpaired) electrons. The second-order valence-electron chi connectivity index (χ2n) is 9.98. The summed E-state index contributed by atoms with van der Waals surface area (Å²) in [5.41, 5.74) is 14.2. The maximum absolute atomic E-state index is 10.9. The summed E-state index contributed by atoms with van der Waals surface area (Å²) in [6, 6.07) is 22.9. The summed E-state index contributed by atoms with van der Waals surface area (Å²) in [5.74, 6) is 0.508. The van der Waals surface area contributed by atoms with Crippen LogP contribution in [0.5, 0.6) is 0 Å². The van der Waals surface area contributed by atoms with E-state index in [1.165, 1.54) is 17.5 Å². The second-order valence-corrected chi connectivity index (χ2v) is 9.98. The van der Waals surface area contributed by atoms with Gasteiger partial charge < -0.3 is 20.9 Å². The minimum atomic E-state index is 0.508. The molecule has 5 nitrogen and oxygen atoms in total. The van der Waals surface area contributed by atoms with E-state index in [2.05, 4.69) is 72.3 Å². The number of allylic oxidation sites excluding steroid dienone is 3. The number of nitrogens with zero attached hydrogens (tertiary/aromatic N) is 2. The first-order valence-corrected chi connectivity index (χ1v) is 13.4. The normalized spacial score (nSPS) is 15.1. The van der Waals surface area contributed by atoms with Gasteiger partial charge >= 0.3 is 0 Å². The molecule has 4 rings (SSSR count). The number of rotatable bonds is 10. The highest BCUT2D eigenvalue weighted by molar-refractivity contribution is 5.87. The number of benzene rings is 3. The van der Waals surface area contributed by atoms with E-state index in [0.717, 1.165) is 73.1 Å². The van der Waals surface area contributed by atoms with E-state index in [1.54, 1.807) is 6.08 Å². The molecule has 1 heterocycles. The molecule has 0 atom stereocenters. The number of aldehydes is 1. The molecule has 38 heavy (non-hydrogen) atoms. The summed E-state index contributed by atoms with van der Waals surface area (Å²) in [6.07, 6.45) is 11.2. The van der Waals surface area contributed by atoms with Crippen LogP contribution < -0.4 is 10.6 Å². The van der Waals surface area contributed by atoms with E-state index < -0.39 is 0 Å². The van der Waals surface area contributed by atoms with Gasteiger partial charge in [0.25, 0.3) is 0 Å².